The topological polar surface area (TPSA) is 55.0 Å². The lowest BCUT2D eigenvalue weighted by Gasteiger charge is -2.32. The first-order valence-electron chi connectivity index (χ1n) is 5.65. The van der Waals surface area contributed by atoms with Gasteiger partial charge in [-0.05, 0) is 37.6 Å². The van der Waals surface area contributed by atoms with E-state index in [2.05, 4.69) is 14.9 Å². The molecule has 0 aromatic carbocycles. The summed E-state index contributed by atoms with van der Waals surface area (Å²) < 4.78 is 0. The molecule has 0 amide bonds. The lowest BCUT2D eigenvalue weighted by molar-refractivity contribution is 0.421. The van der Waals surface area contributed by atoms with Gasteiger partial charge in [-0.3, -0.25) is 0 Å². The van der Waals surface area contributed by atoms with Crippen molar-refractivity contribution in [1.29, 1.82) is 0 Å². The Morgan fingerprint density at radius 2 is 2.41 bits per heavy atom. The van der Waals surface area contributed by atoms with E-state index in [1.54, 1.807) is 11.8 Å². The largest absolute Gasteiger partial charge is 0.356 e. The highest BCUT2D eigenvalue weighted by atomic mass is 35.5. The normalized spacial score (nSPS) is 19.9. The Bertz CT molecular complexity index is 350. The van der Waals surface area contributed by atoms with Crippen LogP contribution in [-0.4, -0.2) is 35.9 Å². The minimum absolute atomic E-state index is 0. The summed E-state index contributed by atoms with van der Waals surface area (Å²) in [6, 6.07) is 1.98. The second-order valence-electron chi connectivity index (χ2n) is 4.09. The summed E-state index contributed by atoms with van der Waals surface area (Å²) in [5, 5.41) is 0.840. The Hall–Kier alpha value is -0.520. The van der Waals surface area contributed by atoms with E-state index in [4.69, 9.17) is 5.73 Å². The van der Waals surface area contributed by atoms with E-state index in [1.807, 2.05) is 18.5 Å². The van der Waals surface area contributed by atoms with Crippen LogP contribution in [0.15, 0.2) is 17.4 Å². The molecule has 2 rings (SSSR count). The van der Waals surface area contributed by atoms with Gasteiger partial charge in [0, 0.05) is 19.3 Å². The molecular formula is C11H19ClN4S. The van der Waals surface area contributed by atoms with Crippen LogP contribution in [0.2, 0.25) is 0 Å². The predicted molar refractivity (Wildman–Crippen MR) is 75.1 cm³/mol. The second-order valence-corrected chi connectivity index (χ2v) is 4.86. The number of piperidine rings is 1. The van der Waals surface area contributed by atoms with E-state index in [0.717, 1.165) is 30.6 Å². The zero-order valence-electron chi connectivity index (χ0n) is 10.0. The maximum Gasteiger partial charge on any atom is 0.189 e. The molecule has 96 valence electrons. The molecule has 0 spiro atoms. The van der Waals surface area contributed by atoms with Crippen molar-refractivity contribution in [2.45, 2.75) is 18.0 Å². The number of hydrogen-bond donors (Lipinski definition) is 1. The average Bonchev–Trinajstić information content (AvgIpc) is 2.39. The highest BCUT2D eigenvalue weighted by molar-refractivity contribution is 7.98. The van der Waals surface area contributed by atoms with E-state index in [-0.39, 0.29) is 12.4 Å². The van der Waals surface area contributed by atoms with Crippen molar-refractivity contribution in [1.82, 2.24) is 9.97 Å². The molecule has 0 aliphatic carbocycles. The molecule has 1 saturated heterocycles. The summed E-state index contributed by atoms with van der Waals surface area (Å²) in [7, 11) is 0. The predicted octanol–water partition coefficient (Wildman–Crippen LogP) is 1.80. The number of aromatic nitrogens is 2. The molecule has 1 aliphatic heterocycles. The van der Waals surface area contributed by atoms with Gasteiger partial charge < -0.3 is 10.6 Å². The van der Waals surface area contributed by atoms with Gasteiger partial charge in [0.15, 0.2) is 5.16 Å². The Morgan fingerprint density at radius 1 is 1.59 bits per heavy atom. The van der Waals surface area contributed by atoms with Gasteiger partial charge in [-0.2, -0.15) is 0 Å². The molecule has 0 saturated carbocycles. The van der Waals surface area contributed by atoms with Crippen molar-refractivity contribution in [2.75, 3.05) is 30.8 Å². The average molecular weight is 275 g/mol. The van der Waals surface area contributed by atoms with Crippen LogP contribution in [0.25, 0.3) is 0 Å². The molecule has 1 aromatic rings. The summed E-state index contributed by atoms with van der Waals surface area (Å²) in [6.07, 6.45) is 6.28. The minimum atomic E-state index is 0. The van der Waals surface area contributed by atoms with Crippen LogP contribution in [0, 0.1) is 5.92 Å². The summed E-state index contributed by atoms with van der Waals surface area (Å²) in [5.74, 6) is 1.65. The fraction of sp³-hybridized carbons (Fsp3) is 0.636. The Balaban J connectivity index is 0.00000144. The third-order valence-electron chi connectivity index (χ3n) is 2.98. The fourth-order valence-electron chi connectivity index (χ4n) is 2.07. The Morgan fingerprint density at radius 3 is 3.12 bits per heavy atom. The summed E-state index contributed by atoms with van der Waals surface area (Å²) >= 11 is 1.58. The molecule has 2 N–H and O–H groups in total. The van der Waals surface area contributed by atoms with Crippen molar-refractivity contribution >= 4 is 30.0 Å². The first-order valence-corrected chi connectivity index (χ1v) is 6.88. The maximum atomic E-state index is 5.74. The van der Waals surface area contributed by atoms with Crippen molar-refractivity contribution < 1.29 is 0 Å². The lowest BCUT2D eigenvalue weighted by Crippen LogP contribution is -2.38. The summed E-state index contributed by atoms with van der Waals surface area (Å²) in [4.78, 5) is 11.0. The van der Waals surface area contributed by atoms with Gasteiger partial charge in [0.05, 0.1) is 0 Å². The first kappa shape index (κ1) is 14.5. The maximum absolute atomic E-state index is 5.74. The molecule has 1 aromatic heterocycles. The van der Waals surface area contributed by atoms with Crippen molar-refractivity contribution in [2.24, 2.45) is 11.7 Å². The van der Waals surface area contributed by atoms with Gasteiger partial charge >= 0.3 is 0 Å². The molecular weight excluding hydrogens is 256 g/mol. The van der Waals surface area contributed by atoms with E-state index in [9.17, 15) is 0 Å². The van der Waals surface area contributed by atoms with Gasteiger partial charge in [-0.25, -0.2) is 9.97 Å². The van der Waals surface area contributed by atoms with Crippen molar-refractivity contribution in [3.8, 4) is 0 Å². The van der Waals surface area contributed by atoms with Crippen LogP contribution in [0.5, 0.6) is 0 Å². The molecule has 1 atom stereocenters. The van der Waals surface area contributed by atoms with Gasteiger partial charge in [-0.1, -0.05) is 11.8 Å². The Kier molecular flexibility index (Phi) is 6.02. The smallest absolute Gasteiger partial charge is 0.189 e. The molecule has 2 heterocycles. The molecule has 6 heteroatoms. The molecule has 17 heavy (non-hydrogen) atoms. The minimum Gasteiger partial charge on any atom is -0.356 e. The van der Waals surface area contributed by atoms with Crippen LogP contribution in [0.3, 0.4) is 0 Å². The molecule has 1 aliphatic rings. The first-order chi connectivity index (χ1) is 7.83. The zero-order chi connectivity index (χ0) is 11.4. The molecule has 0 bridgehead atoms. The number of nitrogens with two attached hydrogens (primary N) is 1. The quantitative estimate of drug-likeness (QED) is 0.673. The Labute approximate surface area is 113 Å². The number of rotatable bonds is 3. The van der Waals surface area contributed by atoms with E-state index in [1.165, 1.54) is 12.8 Å². The zero-order valence-corrected chi connectivity index (χ0v) is 11.6. The van der Waals surface area contributed by atoms with Gasteiger partial charge in [0.2, 0.25) is 0 Å². The van der Waals surface area contributed by atoms with Crippen LogP contribution in [0.1, 0.15) is 12.8 Å². The third kappa shape index (κ3) is 3.72. The number of nitrogens with zero attached hydrogens (tertiary/aromatic N) is 3. The van der Waals surface area contributed by atoms with Gasteiger partial charge in [0.1, 0.15) is 5.82 Å². The SMILES string of the molecule is CSc1nccc(N2CCCC(CN)C2)n1.Cl. The monoisotopic (exact) mass is 274 g/mol. The third-order valence-corrected chi connectivity index (χ3v) is 3.54. The highest BCUT2D eigenvalue weighted by Gasteiger charge is 2.19. The molecule has 0 radical (unpaired) electrons. The molecule has 1 fully saturated rings. The van der Waals surface area contributed by atoms with Crippen LogP contribution in [0.4, 0.5) is 5.82 Å². The van der Waals surface area contributed by atoms with Gasteiger partial charge in [-0.15, -0.1) is 12.4 Å². The van der Waals surface area contributed by atoms with Crippen molar-refractivity contribution in [3.05, 3.63) is 12.3 Å². The fourth-order valence-corrected chi connectivity index (χ4v) is 2.42. The number of hydrogen-bond acceptors (Lipinski definition) is 5. The molecule has 4 nitrogen and oxygen atoms in total. The second kappa shape index (κ2) is 7.03. The van der Waals surface area contributed by atoms with E-state index >= 15 is 0 Å². The van der Waals surface area contributed by atoms with Crippen LogP contribution in [-0.2, 0) is 0 Å². The van der Waals surface area contributed by atoms with E-state index < -0.39 is 0 Å². The molecule has 1 unspecified atom stereocenters. The van der Waals surface area contributed by atoms with Crippen LogP contribution >= 0.6 is 24.2 Å². The van der Waals surface area contributed by atoms with Crippen LogP contribution < -0.4 is 10.6 Å². The number of anilines is 1. The van der Waals surface area contributed by atoms with Crippen molar-refractivity contribution in [3.63, 3.8) is 0 Å². The van der Waals surface area contributed by atoms with E-state index in [0.29, 0.717) is 5.92 Å². The summed E-state index contributed by atoms with van der Waals surface area (Å²) in [5.41, 5.74) is 5.74. The standard InChI is InChI=1S/C11H18N4S.ClH/c1-16-11-13-5-4-10(14-11)15-6-2-3-9(7-12)8-15;/h4-5,9H,2-3,6-8,12H2,1H3;1H. The summed E-state index contributed by atoms with van der Waals surface area (Å²) in [6.45, 7) is 2.89. The van der Waals surface area contributed by atoms with Gasteiger partial charge in [0.25, 0.3) is 0 Å². The number of thioether (sulfide) groups is 1. The highest BCUT2D eigenvalue weighted by Crippen LogP contribution is 2.21. The number of halogens is 1. The lowest BCUT2D eigenvalue weighted by atomic mass is 9.98.